The first-order valence-electron chi connectivity index (χ1n) is 10.7. The van der Waals surface area contributed by atoms with E-state index < -0.39 is 29.7 Å². The quantitative estimate of drug-likeness (QED) is 0.521. The molecule has 1 saturated carbocycles. The number of fused-ring (bicyclic) bond motifs is 1. The van der Waals surface area contributed by atoms with Gasteiger partial charge in [-0.05, 0) is 50.2 Å². The van der Waals surface area contributed by atoms with Gasteiger partial charge in [0.15, 0.2) is 11.6 Å². The number of hydrogen-bond donors (Lipinski definition) is 3. The zero-order chi connectivity index (χ0) is 23.9. The van der Waals surface area contributed by atoms with E-state index in [0.717, 1.165) is 17.0 Å². The van der Waals surface area contributed by atoms with Crippen molar-refractivity contribution >= 4 is 34.1 Å². The minimum absolute atomic E-state index is 0.0598. The number of alkyl halides is 2. The minimum atomic E-state index is -2.93. The maximum Gasteiger partial charge on any atom is 0.265 e. The second-order valence-electron chi connectivity index (χ2n) is 8.48. The van der Waals surface area contributed by atoms with Gasteiger partial charge >= 0.3 is 0 Å². The lowest BCUT2D eigenvalue weighted by Gasteiger charge is -2.42. The molecule has 2 aromatic heterocycles. The predicted octanol–water partition coefficient (Wildman–Crippen LogP) is 3.77. The van der Waals surface area contributed by atoms with Gasteiger partial charge in [-0.1, -0.05) is 0 Å². The number of carbonyl (C=O) groups is 1. The molecule has 1 fully saturated rings. The number of nitrogens with zero attached hydrogens (tertiary/aromatic N) is 3. The molecule has 0 spiro atoms. The number of amides is 1. The van der Waals surface area contributed by atoms with Crippen molar-refractivity contribution in [1.29, 1.82) is 0 Å². The smallest absolute Gasteiger partial charge is 0.265 e. The van der Waals surface area contributed by atoms with Gasteiger partial charge in [0.1, 0.15) is 5.82 Å². The van der Waals surface area contributed by atoms with Crippen molar-refractivity contribution in [2.45, 2.75) is 37.3 Å². The molecule has 4 rings (SSSR count). The topological polar surface area (TPSA) is 88.2 Å². The van der Waals surface area contributed by atoms with Crippen LogP contribution in [-0.4, -0.2) is 47.6 Å². The molecular formula is C23H27F3N6O. The Bertz CT molecular complexity index is 1190. The minimum Gasteiger partial charge on any atom is -0.365 e. The molecule has 2 unspecified atom stereocenters. The second-order valence-corrected chi connectivity index (χ2v) is 8.48. The molecule has 7 nitrogen and oxygen atoms in total. The van der Waals surface area contributed by atoms with E-state index in [9.17, 15) is 13.6 Å². The van der Waals surface area contributed by atoms with Crippen molar-refractivity contribution in [2.24, 2.45) is 12.8 Å². The first-order valence-corrected chi connectivity index (χ1v) is 10.7. The highest BCUT2D eigenvalue weighted by Crippen LogP contribution is 2.37. The summed E-state index contributed by atoms with van der Waals surface area (Å²) in [4.78, 5) is 17.7. The van der Waals surface area contributed by atoms with Crippen LogP contribution in [0.2, 0.25) is 0 Å². The van der Waals surface area contributed by atoms with E-state index in [-0.39, 0.29) is 23.6 Å². The standard InChI is InChI=1S/C23H27F3N6O/c1-28-19-18(5-4-9-23(19,25)26)32(3)22-16(24)12-15(20(27)33)21(30-22)29-14-6-7-17-13(11-14)8-10-31(17)2/h6-8,10-12,18-19,28H,4-5,9H2,1-3H3,(H2,27,33)(H,29,30). The zero-order valence-electron chi connectivity index (χ0n) is 18.7. The maximum absolute atomic E-state index is 15.0. The second kappa shape index (κ2) is 8.58. The van der Waals surface area contributed by atoms with E-state index in [1.807, 2.05) is 36.0 Å². The molecule has 0 bridgehead atoms. The first-order chi connectivity index (χ1) is 15.6. The fraction of sp³-hybridized carbons (Fsp3) is 0.391. The Hall–Kier alpha value is -3.27. The number of aromatic nitrogens is 2. The molecular weight excluding hydrogens is 433 g/mol. The summed E-state index contributed by atoms with van der Waals surface area (Å²) in [5, 5.41) is 6.69. The number of nitrogens with one attached hydrogen (secondary N) is 2. The number of likely N-dealkylation sites (N-methyl/N-ethyl adjacent to an activating group) is 2. The first kappa shape index (κ1) is 22.9. The Morgan fingerprint density at radius 1 is 1.30 bits per heavy atom. The molecule has 0 aliphatic heterocycles. The van der Waals surface area contributed by atoms with Gasteiger partial charge in [-0.3, -0.25) is 4.79 Å². The Balaban J connectivity index is 1.72. The van der Waals surface area contributed by atoms with Crippen LogP contribution in [0.1, 0.15) is 29.6 Å². The van der Waals surface area contributed by atoms with E-state index in [4.69, 9.17) is 5.73 Å². The lowest BCUT2D eigenvalue weighted by molar-refractivity contribution is -0.0685. The number of nitrogens with two attached hydrogens (primary N) is 1. The number of aryl methyl sites for hydroxylation is 1. The summed E-state index contributed by atoms with van der Waals surface area (Å²) in [6.45, 7) is 0. The van der Waals surface area contributed by atoms with Crippen molar-refractivity contribution in [2.75, 3.05) is 24.3 Å². The molecule has 176 valence electrons. The van der Waals surface area contributed by atoms with Crippen LogP contribution in [0.25, 0.3) is 10.9 Å². The van der Waals surface area contributed by atoms with Gasteiger partial charge in [0.05, 0.1) is 17.6 Å². The summed E-state index contributed by atoms with van der Waals surface area (Å²) < 4.78 is 46.0. The number of carbonyl (C=O) groups excluding carboxylic acids is 1. The van der Waals surface area contributed by atoms with Gasteiger partial charge in [-0.25, -0.2) is 18.2 Å². The van der Waals surface area contributed by atoms with Crippen LogP contribution >= 0.6 is 0 Å². The van der Waals surface area contributed by atoms with Crippen molar-refractivity contribution < 1.29 is 18.0 Å². The highest BCUT2D eigenvalue weighted by Gasteiger charge is 2.48. The molecule has 2 heterocycles. The molecule has 4 N–H and O–H groups in total. The van der Waals surface area contributed by atoms with Crippen molar-refractivity contribution in [3.05, 3.63) is 47.9 Å². The third-order valence-electron chi connectivity index (χ3n) is 6.36. The van der Waals surface area contributed by atoms with Crippen molar-refractivity contribution in [1.82, 2.24) is 14.9 Å². The van der Waals surface area contributed by atoms with Crippen molar-refractivity contribution in [3.8, 4) is 0 Å². The van der Waals surface area contributed by atoms with E-state index >= 15 is 4.39 Å². The van der Waals surface area contributed by atoms with E-state index in [0.29, 0.717) is 18.5 Å². The molecule has 10 heteroatoms. The summed E-state index contributed by atoms with van der Waals surface area (Å²) in [5.74, 6) is -4.66. The fourth-order valence-electron chi connectivity index (χ4n) is 4.63. The van der Waals surface area contributed by atoms with Crippen LogP contribution in [0.5, 0.6) is 0 Å². The van der Waals surface area contributed by atoms with Crippen LogP contribution in [0.3, 0.4) is 0 Å². The molecule has 1 amide bonds. The monoisotopic (exact) mass is 460 g/mol. The van der Waals surface area contributed by atoms with Gasteiger partial charge in [-0.2, -0.15) is 0 Å². The Morgan fingerprint density at radius 3 is 2.76 bits per heavy atom. The largest absolute Gasteiger partial charge is 0.365 e. The van der Waals surface area contributed by atoms with Crippen LogP contribution in [0, 0.1) is 5.82 Å². The van der Waals surface area contributed by atoms with Crippen LogP contribution in [0.4, 0.5) is 30.5 Å². The maximum atomic E-state index is 15.0. The summed E-state index contributed by atoms with van der Waals surface area (Å²) in [7, 11) is 4.93. The van der Waals surface area contributed by atoms with Gasteiger partial charge in [0.25, 0.3) is 11.8 Å². The van der Waals surface area contributed by atoms with Gasteiger partial charge in [-0.15, -0.1) is 0 Å². The third kappa shape index (κ3) is 4.22. The van der Waals surface area contributed by atoms with E-state index in [2.05, 4.69) is 15.6 Å². The van der Waals surface area contributed by atoms with Crippen molar-refractivity contribution in [3.63, 3.8) is 0 Å². The molecule has 0 radical (unpaired) electrons. The number of anilines is 3. The normalized spacial score (nSPS) is 20.1. The summed E-state index contributed by atoms with van der Waals surface area (Å²) in [5.41, 5.74) is 6.98. The summed E-state index contributed by atoms with van der Waals surface area (Å²) in [6.07, 6.45) is 2.45. The number of primary amides is 1. The number of hydrogen-bond acceptors (Lipinski definition) is 5. The van der Waals surface area contributed by atoms with Crippen LogP contribution < -0.4 is 21.3 Å². The molecule has 33 heavy (non-hydrogen) atoms. The van der Waals surface area contributed by atoms with E-state index in [1.54, 1.807) is 6.07 Å². The number of pyridine rings is 1. The summed E-state index contributed by atoms with van der Waals surface area (Å²) in [6, 6.07) is 6.67. The molecule has 2 atom stereocenters. The highest BCUT2D eigenvalue weighted by molar-refractivity contribution is 5.99. The Morgan fingerprint density at radius 2 is 2.06 bits per heavy atom. The van der Waals surface area contributed by atoms with Gasteiger partial charge in [0.2, 0.25) is 0 Å². The van der Waals surface area contributed by atoms with E-state index in [1.165, 1.54) is 19.0 Å². The Kier molecular flexibility index (Phi) is 5.96. The summed E-state index contributed by atoms with van der Waals surface area (Å²) >= 11 is 0. The lowest BCUT2D eigenvalue weighted by atomic mass is 9.86. The zero-order valence-corrected chi connectivity index (χ0v) is 18.7. The molecule has 3 aromatic rings. The molecule has 1 aromatic carbocycles. The number of rotatable bonds is 6. The van der Waals surface area contributed by atoms with Gasteiger partial charge in [0, 0.05) is 43.3 Å². The SMILES string of the molecule is CNC1C(N(C)c2nc(Nc3ccc4c(ccn4C)c3)c(C(N)=O)cc2F)CCCC1(F)F. The number of halogens is 3. The molecule has 0 saturated heterocycles. The van der Waals surface area contributed by atoms with Crippen LogP contribution in [0.15, 0.2) is 36.5 Å². The lowest BCUT2D eigenvalue weighted by Crippen LogP contribution is -2.59. The predicted molar refractivity (Wildman–Crippen MR) is 123 cm³/mol. The number of benzene rings is 1. The highest BCUT2D eigenvalue weighted by atomic mass is 19.3. The third-order valence-corrected chi connectivity index (χ3v) is 6.36. The average molecular weight is 461 g/mol. The average Bonchev–Trinajstić information content (AvgIpc) is 3.13. The van der Waals surface area contributed by atoms with Gasteiger partial charge < -0.3 is 25.8 Å². The van der Waals surface area contributed by atoms with Crippen LogP contribution in [-0.2, 0) is 7.05 Å². The fourth-order valence-corrected chi connectivity index (χ4v) is 4.63. The molecule has 1 aliphatic carbocycles. The molecule has 1 aliphatic rings. The Labute approximate surface area is 189 Å².